The molecule has 1 aliphatic rings. The molecule has 0 aliphatic carbocycles. The van der Waals surface area contributed by atoms with E-state index in [1.807, 2.05) is 0 Å². The lowest BCUT2D eigenvalue weighted by molar-refractivity contribution is -0.235. The maximum atomic E-state index is 11.1. The van der Waals surface area contributed by atoms with E-state index in [1.54, 1.807) is 0 Å². The van der Waals surface area contributed by atoms with Gasteiger partial charge in [-0.15, -0.1) is 0 Å². The van der Waals surface area contributed by atoms with Gasteiger partial charge in [0.25, 0.3) is 0 Å². The Labute approximate surface area is 110 Å². The highest BCUT2D eigenvalue weighted by molar-refractivity contribution is 5.68. The highest BCUT2D eigenvalue weighted by Gasteiger charge is 2.44. The molecule has 108 valence electrons. The summed E-state index contributed by atoms with van der Waals surface area (Å²) in [7, 11) is 0. The predicted molar refractivity (Wildman–Crippen MR) is 60.6 cm³/mol. The molecule has 19 heavy (non-hydrogen) atoms. The second-order valence-electron chi connectivity index (χ2n) is 4.11. The van der Waals surface area contributed by atoms with Crippen molar-refractivity contribution < 1.29 is 33.3 Å². The molecule has 0 saturated carbocycles. The monoisotopic (exact) mass is 275 g/mol. The van der Waals surface area contributed by atoms with Gasteiger partial charge in [-0.05, 0) is 0 Å². The molecular weight excluding hydrogens is 258 g/mol. The maximum absolute atomic E-state index is 11.1. The zero-order valence-electron chi connectivity index (χ0n) is 11.0. The lowest BCUT2D eigenvalue weighted by Gasteiger charge is -2.38. The van der Waals surface area contributed by atoms with Gasteiger partial charge in [0.2, 0.25) is 6.29 Å². The largest absolute Gasteiger partial charge is 0.457 e. The van der Waals surface area contributed by atoms with Crippen molar-refractivity contribution in [2.75, 3.05) is 6.61 Å². The summed E-state index contributed by atoms with van der Waals surface area (Å²) in [5.41, 5.74) is 5.82. The molecule has 1 unspecified atom stereocenters. The standard InChI is InChI=1S/C11H17NO7/c1-5(13)17-8-4-16-11(19-7(3)15)9(12)10(8)18-6(2)14/h8-11H,4,12H2,1-3H3/t8-,9-,10+,11?/m1/s1. The van der Waals surface area contributed by atoms with Crippen molar-refractivity contribution in [3.05, 3.63) is 0 Å². The van der Waals surface area contributed by atoms with Gasteiger partial charge in [0.05, 0.1) is 6.61 Å². The van der Waals surface area contributed by atoms with E-state index in [0.717, 1.165) is 0 Å². The number of nitrogens with two attached hydrogens (primary N) is 1. The van der Waals surface area contributed by atoms with Crippen molar-refractivity contribution in [3.63, 3.8) is 0 Å². The first-order valence-electron chi connectivity index (χ1n) is 5.70. The number of carbonyl (C=O) groups is 3. The molecule has 2 N–H and O–H groups in total. The normalized spacial score (nSPS) is 30.3. The minimum Gasteiger partial charge on any atom is -0.457 e. The quantitative estimate of drug-likeness (QED) is 0.520. The van der Waals surface area contributed by atoms with Crippen LogP contribution in [0.4, 0.5) is 0 Å². The maximum Gasteiger partial charge on any atom is 0.304 e. The van der Waals surface area contributed by atoms with Gasteiger partial charge >= 0.3 is 17.9 Å². The summed E-state index contributed by atoms with van der Waals surface area (Å²) in [4.78, 5) is 32.9. The molecule has 0 radical (unpaired) electrons. The smallest absolute Gasteiger partial charge is 0.304 e. The first-order valence-corrected chi connectivity index (χ1v) is 5.70. The van der Waals surface area contributed by atoms with Gasteiger partial charge in [-0.1, -0.05) is 0 Å². The van der Waals surface area contributed by atoms with Gasteiger partial charge < -0.3 is 24.7 Å². The van der Waals surface area contributed by atoms with E-state index in [4.69, 9.17) is 24.7 Å². The lowest BCUT2D eigenvalue weighted by Crippen LogP contribution is -2.60. The second-order valence-corrected chi connectivity index (χ2v) is 4.11. The van der Waals surface area contributed by atoms with Crippen LogP contribution in [0.25, 0.3) is 0 Å². The summed E-state index contributed by atoms with van der Waals surface area (Å²) in [6.07, 6.45) is -2.81. The Kier molecular flexibility index (Phi) is 5.25. The third-order valence-corrected chi connectivity index (χ3v) is 2.39. The van der Waals surface area contributed by atoms with Crippen LogP contribution in [0, 0.1) is 0 Å². The van der Waals surface area contributed by atoms with E-state index < -0.39 is 42.4 Å². The number of carbonyl (C=O) groups excluding carboxylic acids is 3. The van der Waals surface area contributed by atoms with Gasteiger partial charge in [-0.25, -0.2) is 0 Å². The molecule has 1 rings (SSSR count). The summed E-state index contributed by atoms with van der Waals surface area (Å²) in [5.74, 6) is -1.71. The van der Waals surface area contributed by atoms with Crippen LogP contribution >= 0.6 is 0 Å². The van der Waals surface area contributed by atoms with E-state index >= 15 is 0 Å². The predicted octanol–water partition coefficient (Wildman–Crippen LogP) is -0.903. The molecule has 0 aromatic carbocycles. The van der Waals surface area contributed by atoms with Crippen molar-refractivity contribution >= 4 is 17.9 Å². The molecule has 1 heterocycles. The zero-order valence-corrected chi connectivity index (χ0v) is 11.0. The molecule has 0 bridgehead atoms. The fourth-order valence-electron chi connectivity index (χ4n) is 1.73. The van der Waals surface area contributed by atoms with E-state index in [1.165, 1.54) is 20.8 Å². The lowest BCUT2D eigenvalue weighted by atomic mass is 10.0. The Morgan fingerprint density at radius 1 is 1.00 bits per heavy atom. The van der Waals surface area contributed by atoms with Crippen molar-refractivity contribution in [1.82, 2.24) is 0 Å². The SMILES string of the molecule is CC(=O)OC1OC[C@@H](OC(C)=O)[C@H](OC(C)=O)[C@H]1N. The van der Waals surface area contributed by atoms with E-state index in [0.29, 0.717) is 0 Å². The van der Waals surface area contributed by atoms with Crippen LogP contribution in [0.15, 0.2) is 0 Å². The fraction of sp³-hybridized carbons (Fsp3) is 0.727. The third kappa shape index (κ3) is 4.49. The van der Waals surface area contributed by atoms with Crippen molar-refractivity contribution in [2.24, 2.45) is 5.73 Å². The molecule has 1 fully saturated rings. The van der Waals surface area contributed by atoms with Crippen LogP contribution in [0.5, 0.6) is 0 Å². The summed E-state index contributed by atoms with van der Waals surface area (Å²) in [5, 5.41) is 0. The minimum absolute atomic E-state index is 0.0802. The summed E-state index contributed by atoms with van der Waals surface area (Å²) >= 11 is 0. The summed E-state index contributed by atoms with van der Waals surface area (Å²) in [6.45, 7) is 3.54. The molecule has 8 nitrogen and oxygen atoms in total. The molecule has 4 atom stereocenters. The second kappa shape index (κ2) is 6.48. The van der Waals surface area contributed by atoms with Gasteiger partial charge in [0.1, 0.15) is 6.04 Å². The van der Waals surface area contributed by atoms with E-state index in [-0.39, 0.29) is 6.61 Å². The third-order valence-electron chi connectivity index (χ3n) is 2.39. The molecule has 1 aliphatic heterocycles. The van der Waals surface area contributed by atoms with Crippen LogP contribution in [-0.2, 0) is 33.3 Å². The number of rotatable bonds is 3. The van der Waals surface area contributed by atoms with E-state index in [9.17, 15) is 14.4 Å². The highest BCUT2D eigenvalue weighted by atomic mass is 16.7. The van der Waals surface area contributed by atoms with Gasteiger partial charge in [0.15, 0.2) is 12.2 Å². The molecule has 1 saturated heterocycles. The highest BCUT2D eigenvalue weighted by Crippen LogP contribution is 2.21. The number of hydrogen-bond donors (Lipinski definition) is 1. The van der Waals surface area contributed by atoms with Crippen LogP contribution in [0.3, 0.4) is 0 Å². The summed E-state index contributed by atoms with van der Waals surface area (Å²) in [6, 6.07) is -0.939. The van der Waals surface area contributed by atoms with E-state index in [2.05, 4.69) is 0 Å². The zero-order chi connectivity index (χ0) is 14.6. The first-order chi connectivity index (χ1) is 8.81. The van der Waals surface area contributed by atoms with Crippen molar-refractivity contribution in [2.45, 2.75) is 45.3 Å². The van der Waals surface area contributed by atoms with Crippen LogP contribution in [0.1, 0.15) is 20.8 Å². The number of ether oxygens (including phenoxy) is 4. The Balaban J connectivity index is 2.79. The molecule has 0 aromatic rings. The van der Waals surface area contributed by atoms with Crippen LogP contribution < -0.4 is 5.73 Å². The molecule has 0 spiro atoms. The molecule has 0 aromatic heterocycles. The first kappa shape index (κ1) is 15.4. The fourth-order valence-corrected chi connectivity index (χ4v) is 1.73. The van der Waals surface area contributed by atoms with Crippen molar-refractivity contribution in [3.8, 4) is 0 Å². The van der Waals surface area contributed by atoms with Crippen LogP contribution in [0.2, 0.25) is 0 Å². The number of esters is 3. The Morgan fingerprint density at radius 3 is 2.00 bits per heavy atom. The number of hydrogen-bond acceptors (Lipinski definition) is 8. The topological polar surface area (TPSA) is 114 Å². The Morgan fingerprint density at radius 2 is 1.53 bits per heavy atom. The molecule has 0 amide bonds. The molecule has 8 heteroatoms. The summed E-state index contributed by atoms with van der Waals surface area (Å²) < 4.78 is 20.0. The Hall–Kier alpha value is -1.67. The van der Waals surface area contributed by atoms with Gasteiger partial charge in [0, 0.05) is 20.8 Å². The van der Waals surface area contributed by atoms with Crippen LogP contribution in [-0.4, -0.2) is 49.1 Å². The molecular formula is C11H17NO7. The average molecular weight is 275 g/mol. The minimum atomic E-state index is -1.05. The van der Waals surface area contributed by atoms with Gasteiger partial charge in [-0.3, -0.25) is 14.4 Å². The van der Waals surface area contributed by atoms with Crippen molar-refractivity contribution in [1.29, 1.82) is 0 Å². The average Bonchev–Trinajstić information content (AvgIpc) is 2.26. The Bertz CT molecular complexity index is 370. The van der Waals surface area contributed by atoms with Gasteiger partial charge in [-0.2, -0.15) is 0 Å².